The monoisotopic (exact) mass is 462 g/mol. The molecule has 4 nitrogen and oxygen atoms in total. The number of carbonyl (C=O) groups is 2. The maximum atomic E-state index is 13.0. The van der Waals surface area contributed by atoms with Gasteiger partial charge in [-0.3, -0.25) is 9.59 Å². The summed E-state index contributed by atoms with van der Waals surface area (Å²) in [5.41, 5.74) is 3.36. The van der Waals surface area contributed by atoms with Gasteiger partial charge in [-0.25, -0.2) is 0 Å². The number of aryl methyl sites for hydroxylation is 1. The minimum Gasteiger partial charge on any atom is -0.357 e. The zero-order valence-electron chi connectivity index (χ0n) is 16.6. The maximum Gasteiger partial charge on any atom is 0.242 e. The van der Waals surface area contributed by atoms with Crippen LogP contribution in [0.2, 0.25) is 0 Å². The molecule has 0 bridgehead atoms. The quantitative estimate of drug-likeness (QED) is 0.594. The topological polar surface area (TPSA) is 49.4 Å². The third kappa shape index (κ3) is 6.38. The SMILES string of the molecule is CC[C@H](C(=O)NC)N(Cc1ccccc1C)C(=O)CSCc1ccc(Br)cc1. The minimum absolute atomic E-state index is 0.0131. The van der Waals surface area contributed by atoms with Crippen molar-refractivity contribution in [1.82, 2.24) is 10.2 Å². The molecule has 1 N–H and O–H groups in total. The van der Waals surface area contributed by atoms with Crippen molar-refractivity contribution in [2.24, 2.45) is 0 Å². The molecule has 2 aromatic rings. The molecule has 0 saturated carbocycles. The molecule has 0 fully saturated rings. The van der Waals surface area contributed by atoms with Crippen LogP contribution in [0, 0.1) is 6.92 Å². The second-order valence-electron chi connectivity index (χ2n) is 6.61. The Kier molecular flexibility index (Phi) is 9.06. The number of hydrogen-bond donors (Lipinski definition) is 1. The van der Waals surface area contributed by atoms with Gasteiger partial charge in [0.05, 0.1) is 5.75 Å². The predicted octanol–water partition coefficient (Wildman–Crippen LogP) is 4.54. The highest BCUT2D eigenvalue weighted by molar-refractivity contribution is 9.10. The first-order valence-electron chi connectivity index (χ1n) is 9.34. The van der Waals surface area contributed by atoms with Gasteiger partial charge in [0, 0.05) is 23.8 Å². The number of rotatable bonds is 9. The lowest BCUT2D eigenvalue weighted by molar-refractivity contribution is -0.139. The Morgan fingerprint density at radius 3 is 2.43 bits per heavy atom. The number of amides is 2. The summed E-state index contributed by atoms with van der Waals surface area (Å²) in [7, 11) is 1.61. The third-order valence-corrected chi connectivity index (χ3v) is 6.16. The number of likely N-dealkylation sites (N-methyl/N-ethyl adjacent to an activating group) is 1. The summed E-state index contributed by atoms with van der Waals surface area (Å²) in [5.74, 6) is 0.965. The van der Waals surface area contributed by atoms with Crippen molar-refractivity contribution in [3.05, 3.63) is 69.7 Å². The Morgan fingerprint density at radius 1 is 1.14 bits per heavy atom. The fourth-order valence-electron chi connectivity index (χ4n) is 2.98. The van der Waals surface area contributed by atoms with Crippen molar-refractivity contribution in [3.63, 3.8) is 0 Å². The van der Waals surface area contributed by atoms with Gasteiger partial charge in [0.15, 0.2) is 0 Å². The highest BCUT2D eigenvalue weighted by Crippen LogP contribution is 2.19. The van der Waals surface area contributed by atoms with Crippen LogP contribution in [0.15, 0.2) is 53.0 Å². The van der Waals surface area contributed by atoms with Gasteiger partial charge < -0.3 is 10.2 Å². The Bertz CT molecular complexity index is 795. The molecule has 0 aliphatic heterocycles. The second-order valence-corrected chi connectivity index (χ2v) is 8.51. The van der Waals surface area contributed by atoms with Gasteiger partial charge in [-0.1, -0.05) is 59.3 Å². The largest absolute Gasteiger partial charge is 0.357 e. The van der Waals surface area contributed by atoms with Crippen LogP contribution in [0.5, 0.6) is 0 Å². The number of nitrogens with one attached hydrogen (secondary N) is 1. The molecule has 28 heavy (non-hydrogen) atoms. The van der Waals surface area contributed by atoms with Crippen LogP contribution in [0.25, 0.3) is 0 Å². The predicted molar refractivity (Wildman–Crippen MR) is 120 cm³/mol. The molecule has 2 rings (SSSR count). The van der Waals surface area contributed by atoms with E-state index in [2.05, 4.69) is 21.2 Å². The normalized spacial score (nSPS) is 11.7. The van der Waals surface area contributed by atoms with E-state index >= 15 is 0 Å². The molecule has 0 radical (unpaired) electrons. The number of hydrogen-bond acceptors (Lipinski definition) is 3. The van der Waals surface area contributed by atoms with Gasteiger partial charge >= 0.3 is 0 Å². The van der Waals surface area contributed by atoms with Crippen molar-refractivity contribution in [2.75, 3.05) is 12.8 Å². The van der Waals surface area contributed by atoms with Crippen molar-refractivity contribution in [3.8, 4) is 0 Å². The Hall–Kier alpha value is -1.79. The molecular weight excluding hydrogens is 436 g/mol. The molecule has 0 spiro atoms. The van der Waals surface area contributed by atoms with E-state index in [1.807, 2.05) is 62.4 Å². The molecule has 1 atom stereocenters. The van der Waals surface area contributed by atoms with Crippen LogP contribution >= 0.6 is 27.7 Å². The molecule has 0 saturated heterocycles. The first-order valence-corrected chi connectivity index (χ1v) is 11.3. The molecule has 6 heteroatoms. The first-order chi connectivity index (χ1) is 13.5. The standard InChI is InChI=1S/C22H27BrN2O2S/c1-4-20(22(27)24-3)25(13-18-8-6-5-7-16(18)2)21(26)15-28-14-17-9-11-19(23)12-10-17/h5-12,20H,4,13-15H2,1-3H3,(H,24,27)/t20-/m1/s1. The van der Waals surface area contributed by atoms with E-state index in [0.29, 0.717) is 18.7 Å². The number of benzene rings is 2. The molecule has 2 amide bonds. The fraction of sp³-hybridized carbons (Fsp3) is 0.364. The molecular formula is C22H27BrN2O2S. The second kappa shape index (κ2) is 11.3. The van der Waals surface area contributed by atoms with Gasteiger partial charge in [-0.05, 0) is 42.2 Å². The van der Waals surface area contributed by atoms with Gasteiger partial charge in [-0.2, -0.15) is 0 Å². The highest BCUT2D eigenvalue weighted by atomic mass is 79.9. The molecule has 0 aliphatic rings. The summed E-state index contributed by atoms with van der Waals surface area (Å²) in [5, 5.41) is 2.69. The Balaban J connectivity index is 2.10. The van der Waals surface area contributed by atoms with Crippen LogP contribution < -0.4 is 5.32 Å². The lowest BCUT2D eigenvalue weighted by Gasteiger charge is -2.30. The molecule has 0 aromatic heterocycles. The highest BCUT2D eigenvalue weighted by Gasteiger charge is 2.28. The summed E-state index contributed by atoms with van der Waals surface area (Å²) in [6.45, 7) is 4.41. The van der Waals surface area contributed by atoms with Gasteiger partial charge in [0.1, 0.15) is 6.04 Å². The van der Waals surface area contributed by atoms with E-state index in [1.54, 1.807) is 23.7 Å². The summed E-state index contributed by atoms with van der Waals surface area (Å²) in [6.07, 6.45) is 0.578. The van der Waals surface area contributed by atoms with Crippen LogP contribution in [0.1, 0.15) is 30.0 Å². The molecule has 0 aliphatic carbocycles. The lowest BCUT2D eigenvalue weighted by atomic mass is 10.1. The van der Waals surface area contributed by atoms with Crippen molar-refractivity contribution in [2.45, 2.75) is 38.6 Å². The fourth-order valence-corrected chi connectivity index (χ4v) is 4.11. The Morgan fingerprint density at radius 2 is 1.82 bits per heavy atom. The smallest absolute Gasteiger partial charge is 0.242 e. The third-order valence-electron chi connectivity index (χ3n) is 4.64. The average molecular weight is 463 g/mol. The van der Waals surface area contributed by atoms with Crippen LogP contribution in [0.4, 0.5) is 0 Å². The zero-order chi connectivity index (χ0) is 20.5. The zero-order valence-corrected chi connectivity index (χ0v) is 19.0. The maximum absolute atomic E-state index is 13.0. The van der Waals surface area contributed by atoms with E-state index in [0.717, 1.165) is 21.4 Å². The average Bonchev–Trinajstić information content (AvgIpc) is 2.70. The van der Waals surface area contributed by atoms with Crippen LogP contribution in [-0.4, -0.2) is 35.6 Å². The summed E-state index contributed by atoms with van der Waals surface area (Å²) >= 11 is 5.00. The van der Waals surface area contributed by atoms with Crippen molar-refractivity contribution < 1.29 is 9.59 Å². The van der Waals surface area contributed by atoms with E-state index in [1.165, 1.54) is 5.56 Å². The van der Waals surface area contributed by atoms with Crippen molar-refractivity contribution in [1.29, 1.82) is 0 Å². The summed E-state index contributed by atoms with van der Waals surface area (Å²) < 4.78 is 1.04. The molecule has 0 unspecified atom stereocenters. The van der Waals surface area contributed by atoms with Crippen LogP contribution in [-0.2, 0) is 21.9 Å². The number of nitrogens with zero attached hydrogens (tertiary/aromatic N) is 1. The van der Waals surface area contributed by atoms with Gasteiger partial charge in [-0.15, -0.1) is 11.8 Å². The number of carbonyl (C=O) groups excluding carboxylic acids is 2. The Labute approximate surface area is 180 Å². The molecule has 0 heterocycles. The van der Waals surface area contributed by atoms with E-state index < -0.39 is 6.04 Å². The number of halogens is 1. The van der Waals surface area contributed by atoms with E-state index in [-0.39, 0.29) is 11.8 Å². The van der Waals surface area contributed by atoms with E-state index in [4.69, 9.17) is 0 Å². The number of thioether (sulfide) groups is 1. The lowest BCUT2D eigenvalue weighted by Crippen LogP contribution is -2.48. The van der Waals surface area contributed by atoms with Crippen LogP contribution in [0.3, 0.4) is 0 Å². The summed E-state index contributed by atoms with van der Waals surface area (Å²) in [4.78, 5) is 27.1. The van der Waals surface area contributed by atoms with E-state index in [9.17, 15) is 9.59 Å². The van der Waals surface area contributed by atoms with Gasteiger partial charge in [0.2, 0.25) is 11.8 Å². The van der Waals surface area contributed by atoms with Gasteiger partial charge in [0.25, 0.3) is 0 Å². The first kappa shape index (κ1) is 22.5. The van der Waals surface area contributed by atoms with Crippen molar-refractivity contribution >= 4 is 39.5 Å². The molecule has 150 valence electrons. The summed E-state index contributed by atoms with van der Waals surface area (Å²) in [6, 6.07) is 15.6. The minimum atomic E-state index is -0.467. The molecule has 2 aromatic carbocycles.